The SMILES string of the molecule is CCCNCC1CCC(C)CC1c1nccnc1OC. The maximum atomic E-state index is 5.41. The molecule has 1 aromatic rings. The summed E-state index contributed by atoms with van der Waals surface area (Å²) in [7, 11) is 1.68. The zero-order valence-corrected chi connectivity index (χ0v) is 12.9. The summed E-state index contributed by atoms with van der Waals surface area (Å²) in [6.45, 7) is 6.71. The Morgan fingerprint density at radius 1 is 1.30 bits per heavy atom. The van der Waals surface area contributed by atoms with E-state index in [2.05, 4.69) is 29.1 Å². The van der Waals surface area contributed by atoms with Crippen molar-refractivity contribution >= 4 is 0 Å². The monoisotopic (exact) mass is 277 g/mol. The summed E-state index contributed by atoms with van der Waals surface area (Å²) in [5.41, 5.74) is 1.05. The predicted octanol–water partition coefficient (Wildman–Crippen LogP) is 3.00. The minimum absolute atomic E-state index is 0.465. The second-order valence-corrected chi connectivity index (χ2v) is 5.94. The Morgan fingerprint density at radius 2 is 2.10 bits per heavy atom. The van der Waals surface area contributed by atoms with E-state index in [1.807, 2.05) is 0 Å². The number of hydrogen-bond donors (Lipinski definition) is 1. The molecule has 0 aromatic carbocycles. The molecule has 0 amide bonds. The van der Waals surface area contributed by atoms with Gasteiger partial charge in [0.25, 0.3) is 0 Å². The molecule has 112 valence electrons. The van der Waals surface area contributed by atoms with Gasteiger partial charge in [0.2, 0.25) is 5.88 Å². The highest BCUT2D eigenvalue weighted by Crippen LogP contribution is 2.41. The maximum Gasteiger partial charge on any atom is 0.235 e. The fourth-order valence-electron chi connectivity index (χ4n) is 3.23. The minimum atomic E-state index is 0.465. The summed E-state index contributed by atoms with van der Waals surface area (Å²) in [4.78, 5) is 8.89. The molecule has 1 aromatic heterocycles. The van der Waals surface area contributed by atoms with Crippen LogP contribution in [-0.2, 0) is 0 Å². The molecule has 1 N–H and O–H groups in total. The van der Waals surface area contributed by atoms with Gasteiger partial charge in [0.15, 0.2) is 0 Å². The van der Waals surface area contributed by atoms with Crippen molar-refractivity contribution in [3.05, 3.63) is 18.1 Å². The van der Waals surface area contributed by atoms with E-state index in [4.69, 9.17) is 4.74 Å². The van der Waals surface area contributed by atoms with E-state index in [1.165, 1.54) is 25.7 Å². The largest absolute Gasteiger partial charge is 0.480 e. The number of aromatic nitrogens is 2. The highest BCUT2D eigenvalue weighted by Gasteiger charge is 2.32. The molecule has 0 spiro atoms. The molecule has 0 saturated heterocycles. The maximum absolute atomic E-state index is 5.41. The van der Waals surface area contributed by atoms with Crippen LogP contribution in [0.4, 0.5) is 0 Å². The lowest BCUT2D eigenvalue weighted by atomic mass is 9.73. The van der Waals surface area contributed by atoms with Crippen molar-refractivity contribution in [2.75, 3.05) is 20.2 Å². The van der Waals surface area contributed by atoms with E-state index in [1.54, 1.807) is 19.5 Å². The number of ether oxygens (including phenoxy) is 1. The molecule has 0 radical (unpaired) electrons. The van der Waals surface area contributed by atoms with Crippen molar-refractivity contribution in [3.63, 3.8) is 0 Å². The van der Waals surface area contributed by atoms with Crippen molar-refractivity contribution in [1.29, 1.82) is 0 Å². The summed E-state index contributed by atoms with van der Waals surface area (Å²) >= 11 is 0. The number of rotatable bonds is 6. The molecule has 1 aliphatic rings. The standard InChI is InChI=1S/C16H27N3O/c1-4-7-17-11-13-6-5-12(2)10-14(13)15-16(20-3)19-9-8-18-15/h8-9,12-14,17H,4-7,10-11H2,1-3H3. The van der Waals surface area contributed by atoms with Gasteiger partial charge in [0.05, 0.1) is 7.11 Å². The highest BCUT2D eigenvalue weighted by atomic mass is 16.5. The molecule has 0 aliphatic heterocycles. The molecule has 20 heavy (non-hydrogen) atoms. The van der Waals surface area contributed by atoms with Crippen molar-refractivity contribution in [2.45, 2.75) is 45.4 Å². The lowest BCUT2D eigenvalue weighted by molar-refractivity contribution is 0.232. The first-order valence-electron chi connectivity index (χ1n) is 7.81. The average molecular weight is 277 g/mol. The first-order valence-corrected chi connectivity index (χ1v) is 7.81. The summed E-state index contributed by atoms with van der Waals surface area (Å²) in [5.74, 6) is 2.57. The number of hydrogen-bond acceptors (Lipinski definition) is 4. The van der Waals surface area contributed by atoms with Gasteiger partial charge in [-0.2, -0.15) is 0 Å². The first kappa shape index (κ1) is 15.2. The van der Waals surface area contributed by atoms with Crippen LogP contribution in [-0.4, -0.2) is 30.2 Å². The Bertz CT molecular complexity index is 410. The van der Waals surface area contributed by atoms with Crippen LogP contribution in [0.15, 0.2) is 12.4 Å². The smallest absolute Gasteiger partial charge is 0.235 e. The molecule has 1 heterocycles. The highest BCUT2D eigenvalue weighted by molar-refractivity contribution is 5.23. The van der Waals surface area contributed by atoms with Gasteiger partial charge in [-0.05, 0) is 44.2 Å². The van der Waals surface area contributed by atoms with Crippen LogP contribution in [0.25, 0.3) is 0 Å². The Morgan fingerprint density at radius 3 is 2.85 bits per heavy atom. The Labute approximate surface area is 122 Å². The fraction of sp³-hybridized carbons (Fsp3) is 0.750. The fourth-order valence-corrected chi connectivity index (χ4v) is 3.23. The molecule has 4 heteroatoms. The van der Waals surface area contributed by atoms with Gasteiger partial charge in [-0.15, -0.1) is 0 Å². The molecular formula is C16H27N3O. The molecule has 3 atom stereocenters. The van der Waals surface area contributed by atoms with E-state index in [0.717, 1.165) is 24.7 Å². The summed E-state index contributed by atoms with van der Waals surface area (Å²) in [6, 6.07) is 0. The zero-order chi connectivity index (χ0) is 14.4. The molecule has 4 nitrogen and oxygen atoms in total. The summed E-state index contributed by atoms with van der Waals surface area (Å²) in [6.07, 6.45) is 8.45. The predicted molar refractivity (Wildman–Crippen MR) is 81.0 cm³/mol. The van der Waals surface area contributed by atoms with Crippen molar-refractivity contribution < 1.29 is 4.74 Å². The topological polar surface area (TPSA) is 47.0 Å². The molecule has 1 aliphatic carbocycles. The van der Waals surface area contributed by atoms with Crippen LogP contribution in [0.1, 0.15) is 51.1 Å². The van der Waals surface area contributed by atoms with Gasteiger partial charge in [-0.25, -0.2) is 4.98 Å². The Hall–Kier alpha value is -1.16. The van der Waals surface area contributed by atoms with Crippen LogP contribution < -0.4 is 10.1 Å². The Kier molecular flexibility index (Phi) is 5.77. The second kappa shape index (κ2) is 7.58. The third-order valence-electron chi connectivity index (χ3n) is 4.32. The molecule has 0 bridgehead atoms. The van der Waals surface area contributed by atoms with Gasteiger partial charge in [-0.3, -0.25) is 4.98 Å². The molecule has 3 unspecified atom stereocenters. The quantitative estimate of drug-likeness (QED) is 0.812. The minimum Gasteiger partial charge on any atom is -0.480 e. The van der Waals surface area contributed by atoms with Gasteiger partial charge in [0.1, 0.15) is 5.69 Å². The number of methoxy groups -OCH3 is 1. The number of nitrogens with zero attached hydrogens (tertiary/aromatic N) is 2. The van der Waals surface area contributed by atoms with Crippen LogP contribution in [0.5, 0.6) is 5.88 Å². The van der Waals surface area contributed by atoms with Gasteiger partial charge in [-0.1, -0.05) is 20.3 Å². The van der Waals surface area contributed by atoms with Crippen LogP contribution in [0.3, 0.4) is 0 Å². The molecule has 1 saturated carbocycles. The van der Waals surface area contributed by atoms with Gasteiger partial charge < -0.3 is 10.1 Å². The third kappa shape index (κ3) is 3.69. The van der Waals surface area contributed by atoms with Crippen LogP contribution in [0, 0.1) is 11.8 Å². The van der Waals surface area contributed by atoms with Crippen LogP contribution >= 0.6 is 0 Å². The van der Waals surface area contributed by atoms with E-state index >= 15 is 0 Å². The average Bonchev–Trinajstić information content (AvgIpc) is 2.49. The lowest BCUT2D eigenvalue weighted by Gasteiger charge is -2.35. The van der Waals surface area contributed by atoms with Gasteiger partial charge in [0, 0.05) is 18.3 Å². The van der Waals surface area contributed by atoms with E-state index < -0.39 is 0 Å². The van der Waals surface area contributed by atoms with Crippen molar-refractivity contribution in [1.82, 2.24) is 15.3 Å². The van der Waals surface area contributed by atoms with E-state index in [9.17, 15) is 0 Å². The molecular weight excluding hydrogens is 250 g/mol. The van der Waals surface area contributed by atoms with Gasteiger partial charge >= 0.3 is 0 Å². The summed E-state index contributed by atoms with van der Waals surface area (Å²) < 4.78 is 5.41. The van der Waals surface area contributed by atoms with Crippen molar-refractivity contribution in [3.8, 4) is 5.88 Å². The van der Waals surface area contributed by atoms with E-state index in [0.29, 0.717) is 17.7 Å². The van der Waals surface area contributed by atoms with E-state index in [-0.39, 0.29) is 0 Å². The molecule has 2 rings (SSSR count). The zero-order valence-electron chi connectivity index (χ0n) is 12.9. The number of nitrogens with one attached hydrogen (secondary N) is 1. The first-order chi connectivity index (χ1) is 9.76. The Balaban J connectivity index is 2.14. The second-order valence-electron chi connectivity index (χ2n) is 5.94. The van der Waals surface area contributed by atoms with Crippen LogP contribution in [0.2, 0.25) is 0 Å². The normalized spacial score (nSPS) is 26.4. The summed E-state index contributed by atoms with van der Waals surface area (Å²) in [5, 5.41) is 3.57. The van der Waals surface area contributed by atoms with Crippen molar-refractivity contribution in [2.24, 2.45) is 11.8 Å². The lowest BCUT2D eigenvalue weighted by Crippen LogP contribution is -2.32. The molecule has 1 fully saturated rings. The third-order valence-corrected chi connectivity index (χ3v) is 4.32.